The summed E-state index contributed by atoms with van der Waals surface area (Å²) in [7, 11) is 0. The van der Waals surface area contributed by atoms with Gasteiger partial charge in [-0.3, -0.25) is 14.9 Å². The van der Waals surface area contributed by atoms with Crippen LogP contribution in [0.3, 0.4) is 0 Å². The predicted octanol–water partition coefficient (Wildman–Crippen LogP) is 2.69. The van der Waals surface area contributed by atoms with E-state index in [1.165, 1.54) is 6.92 Å². The molecule has 2 aromatic rings. The van der Waals surface area contributed by atoms with Crippen LogP contribution in [0, 0.1) is 28.7 Å². The molecule has 1 aromatic heterocycles. The molecular formula is C11H6BrF2N3O3. The molecule has 0 fully saturated rings. The number of benzene rings is 1. The minimum atomic E-state index is -1.39. The Balaban J connectivity index is 2.79. The molecule has 1 N–H and O–H groups in total. The van der Waals surface area contributed by atoms with E-state index in [0.29, 0.717) is 6.07 Å². The summed E-state index contributed by atoms with van der Waals surface area (Å²) in [5.74, 6) is -2.85. The van der Waals surface area contributed by atoms with Gasteiger partial charge < -0.3 is 4.98 Å². The van der Waals surface area contributed by atoms with Crippen LogP contribution in [0.1, 0.15) is 5.69 Å². The molecule has 0 unspecified atom stereocenters. The molecule has 20 heavy (non-hydrogen) atoms. The van der Waals surface area contributed by atoms with E-state index in [1.54, 1.807) is 0 Å². The van der Waals surface area contributed by atoms with Crippen LogP contribution in [0.5, 0.6) is 0 Å². The number of aromatic nitrogens is 2. The van der Waals surface area contributed by atoms with Crippen LogP contribution < -0.4 is 5.56 Å². The zero-order valence-corrected chi connectivity index (χ0v) is 11.5. The number of nitrogens with zero attached hydrogens (tertiary/aromatic N) is 2. The minimum absolute atomic E-state index is 0.118. The monoisotopic (exact) mass is 345 g/mol. The van der Waals surface area contributed by atoms with Crippen molar-refractivity contribution in [1.29, 1.82) is 0 Å². The molecule has 104 valence electrons. The SMILES string of the molecule is Cc1nc(-c2c(F)ccc([N+](=O)[O-])c2F)[nH]c(=O)c1Br. The highest BCUT2D eigenvalue weighted by atomic mass is 79.9. The molecule has 9 heteroatoms. The van der Waals surface area contributed by atoms with Crippen LogP contribution in [0.2, 0.25) is 0 Å². The van der Waals surface area contributed by atoms with Gasteiger partial charge in [0.25, 0.3) is 5.56 Å². The summed E-state index contributed by atoms with van der Waals surface area (Å²) in [4.78, 5) is 27.2. The molecular weight excluding hydrogens is 340 g/mol. The van der Waals surface area contributed by atoms with Crippen molar-refractivity contribution < 1.29 is 13.7 Å². The third kappa shape index (κ3) is 2.31. The lowest BCUT2D eigenvalue weighted by Crippen LogP contribution is -2.13. The van der Waals surface area contributed by atoms with Crippen molar-refractivity contribution in [2.24, 2.45) is 0 Å². The number of H-pyrrole nitrogens is 1. The molecule has 0 aliphatic heterocycles. The highest BCUT2D eigenvalue weighted by molar-refractivity contribution is 9.10. The average Bonchev–Trinajstić information content (AvgIpc) is 2.35. The summed E-state index contributed by atoms with van der Waals surface area (Å²) in [5.41, 5.74) is -2.08. The average molecular weight is 346 g/mol. The van der Waals surface area contributed by atoms with E-state index in [-0.39, 0.29) is 10.2 Å². The highest BCUT2D eigenvalue weighted by Gasteiger charge is 2.24. The Kier molecular flexibility index (Phi) is 3.62. The number of hydrogen-bond donors (Lipinski definition) is 1. The van der Waals surface area contributed by atoms with E-state index in [9.17, 15) is 23.7 Å². The fourth-order valence-corrected chi connectivity index (χ4v) is 1.78. The van der Waals surface area contributed by atoms with Crippen molar-refractivity contribution >= 4 is 21.6 Å². The minimum Gasteiger partial charge on any atom is -0.305 e. The molecule has 0 radical (unpaired) electrons. The van der Waals surface area contributed by atoms with Gasteiger partial charge in [0.15, 0.2) is 0 Å². The first-order valence-corrected chi connectivity index (χ1v) is 6.01. The maximum Gasteiger partial charge on any atom is 0.305 e. The molecule has 0 aliphatic carbocycles. The summed E-state index contributed by atoms with van der Waals surface area (Å²) in [6, 6.07) is 1.45. The van der Waals surface area contributed by atoms with Crippen LogP contribution in [-0.4, -0.2) is 14.9 Å². The molecule has 0 spiro atoms. The second kappa shape index (κ2) is 5.08. The standard InChI is InChI=1S/C11H6BrF2N3O3/c1-4-8(12)11(18)16-10(15-4)7-5(13)2-3-6(9(7)14)17(19)20/h2-3H,1H3,(H,15,16,18). The molecule has 6 nitrogen and oxygen atoms in total. The van der Waals surface area contributed by atoms with Gasteiger partial charge in [-0.25, -0.2) is 9.37 Å². The van der Waals surface area contributed by atoms with Gasteiger partial charge in [0, 0.05) is 6.07 Å². The molecule has 2 rings (SSSR count). The van der Waals surface area contributed by atoms with Crippen LogP contribution in [-0.2, 0) is 0 Å². The Morgan fingerprint density at radius 2 is 2.05 bits per heavy atom. The lowest BCUT2D eigenvalue weighted by Gasteiger charge is -2.06. The third-order valence-corrected chi connectivity index (χ3v) is 3.47. The lowest BCUT2D eigenvalue weighted by molar-refractivity contribution is -0.387. The van der Waals surface area contributed by atoms with Crippen LogP contribution in [0.15, 0.2) is 21.4 Å². The smallest absolute Gasteiger partial charge is 0.305 e. The van der Waals surface area contributed by atoms with Gasteiger partial charge in [0.2, 0.25) is 5.82 Å². The maximum atomic E-state index is 14.0. The summed E-state index contributed by atoms with van der Waals surface area (Å²) in [5, 5.41) is 10.6. The van der Waals surface area contributed by atoms with Crippen LogP contribution >= 0.6 is 15.9 Å². The van der Waals surface area contributed by atoms with E-state index in [4.69, 9.17) is 0 Å². The van der Waals surface area contributed by atoms with E-state index in [2.05, 4.69) is 25.9 Å². The molecule has 1 aromatic carbocycles. The number of aromatic amines is 1. The van der Waals surface area contributed by atoms with Gasteiger partial charge in [-0.05, 0) is 28.9 Å². The first-order valence-electron chi connectivity index (χ1n) is 5.22. The highest BCUT2D eigenvalue weighted by Crippen LogP contribution is 2.29. The summed E-state index contributed by atoms with van der Waals surface area (Å²) in [6.45, 7) is 1.45. The van der Waals surface area contributed by atoms with E-state index in [0.717, 1.165) is 6.07 Å². The van der Waals surface area contributed by atoms with Gasteiger partial charge in [0.1, 0.15) is 16.1 Å². The summed E-state index contributed by atoms with van der Waals surface area (Å²) in [6.07, 6.45) is 0. The quantitative estimate of drug-likeness (QED) is 0.669. The van der Waals surface area contributed by atoms with Crippen molar-refractivity contribution in [3.8, 4) is 11.4 Å². The third-order valence-electron chi connectivity index (χ3n) is 2.53. The Labute approximate surface area is 118 Å². The largest absolute Gasteiger partial charge is 0.305 e. The first-order chi connectivity index (χ1) is 9.32. The number of nitro groups is 1. The molecule has 0 amide bonds. The Morgan fingerprint density at radius 1 is 1.40 bits per heavy atom. The number of rotatable bonds is 2. The number of hydrogen-bond acceptors (Lipinski definition) is 4. The predicted molar refractivity (Wildman–Crippen MR) is 69.3 cm³/mol. The van der Waals surface area contributed by atoms with Gasteiger partial charge in [-0.1, -0.05) is 0 Å². The molecule has 0 aliphatic rings. The van der Waals surface area contributed by atoms with E-state index >= 15 is 0 Å². The summed E-state index contributed by atoms with van der Waals surface area (Å²) >= 11 is 2.96. The Hall–Kier alpha value is -2.16. The van der Waals surface area contributed by atoms with Crippen molar-refractivity contribution in [3.63, 3.8) is 0 Å². The topological polar surface area (TPSA) is 88.9 Å². The Bertz CT molecular complexity index is 776. The zero-order valence-electron chi connectivity index (χ0n) is 9.91. The van der Waals surface area contributed by atoms with Crippen LogP contribution in [0.25, 0.3) is 11.4 Å². The van der Waals surface area contributed by atoms with E-state index < -0.39 is 39.2 Å². The molecule has 1 heterocycles. The van der Waals surface area contributed by atoms with Gasteiger partial charge >= 0.3 is 5.69 Å². The van der Waals surface area contributed by atoms with Gasteiger partial charge in [-0.15, -0.1) is 0 Å². The number of aryl methyl sites for hydroxylation is 1. The van der Waals surface area contributed by atoms with E-state index in [1.807, 2.05) is 0 Å². The van der Waals surface area contributed by atoms with Crippen molar-refractivity contribution in [1.82, 2.24) is 9.97 Å². The lowest BCUT2D eigenvalue weighted by atomic mass is 10.1. The molecule has 0 bridgehead atoms. The second-order valence-electron chi connectivity index (χ2n) is 3.83. The van der Waals surface area contributed by atoms with Crippen molar-refractivity contribution in [3.05, 3.63) is 54.4 Å². The molecule has 0 saturated carbocycles. The number of nitro benzene ring substituents is 1. The maximum absolute atomic E-state index is 14.0. The Morgan fingerprint density at radius 3 is 2.60 bits per heavy atom. The summed E-state index contributed by atoms with van der Waals surface area (Å²) < 4.78 is 27.8. The van der Waals surface area contributed by atoms with Crippen molar-refractivity contribution in [2.45, 2.75) is 6.92 Å². The molecule has 0 atom stereocenters. The second-order valence-corrected chi connectivity index (χ2v) is 4.62. The fourth-order valence-electron chi connectivity index (χ4n) is 1.59. The van der Waals surface area contributed by atoms with Crippen molar-refractivity contribution in [2.75, 3.05) is 0 Å². The zero-order chi connectivity index (χ0) is 15.0. The van der Waals surface area contributed by atoms with Crippen LogP contribution in [0.4, 0.5) is 14.5 Å². The van der Waals surface area contributed by atoms with Gasteiger partial charge in [-0.2, -0.15) is 4.39 Å². The normalized spacial score (nSPS) is 10.6. The number of nitrogens with one attached hydrogen (secondary N) is 1. The molecule has 0 saturated heterocycles. The number of halogens is 3. The first kappa shape index (κ1) is 14.3. The van der Waals surface area contributed by atoms with Gasteiger partial charge in [0.05, 0.1) is 16.2 Å². The fraction of sp³-hybridized carbons (Fsp3) is 0.0909.